The van der Waals surface area contributed by atoms with E-state index < -0.39 is 0 Å². The van der Waals surface area contributed by atoms with Crippen LogP contribution in [-0.4, -0.2) is 12.1 Å². The fourth-order valence-corrected chi connectivity index (χ4v) is 3.14. The lowest BCUT2D eigenvalue weighted by molar-refractivity contribution is -0.151. The van der Waals surface area contributed by atoms with Gasteiger partial charge in [0.15, 0.2) is 0 Å². The zero-order valence-electron chi connectivity index (χ0n) is 8.45. The Morgan fingerprint density at radius 3 is 2.77 bits per heavy atom. The molecule has 74 valence electrons. The molecule has 0 aliphatic heterocycles. The van der Waals surface area contributed by atoms with Gasteiger partial charge in [-0.05, 0) is 43.4 Å². The lowest BCUT2D eigenvalue weighted by atomic mass is 9.85. The van der Waals surface area contributed by atoms with Crippen LogP contribution in [0.25, 0.3) is 0 Å². The fourth-order valence-electron chi connectivity index (χ4n) is 3.14. The van der Waals surface area contributed by atoms with E-state index in [4.69, 9.17) is 4.74 Å². The maximum atomic E-state index is 10.9. The second-order valence-electron chi connectivity index (χ2n) is 4.70. The number of hydrogen-bond donors (Lipinski definition) is 0. The summed E-state index contributed by atoms with van der Waals surface area (Å²) in [7, 11) is 0. The third-order valence-electron chi connectivity index (χ3n) is 3.70. The van der Waals surface area contributed by atoms with Gasteiger partial charge in [-0.1, -0.05) is 6.92 Å². The van der Waals surface area contributed by atoms with Crippen molar-refractivity contribution in [3.8, 4) is 0 Å². The van der Waals surface area contributed by atoms with Crippen molar-refractivity contribution >= 4 is 5.97 Å². The number of ether oxygens (including phenoxy) is 1. The van der Waals surface area contributed by atoms with E-state index in [1.54, 1.807) is 0 Å². The van der Waals surface area contributed by atoms with Gasteiger partial charge in [0.05, 0.1) is 0 Å². The van der Waals surface area contributed by atoms with Crippen LogP contribution in [0.4, 0.5) is 0 Å². The van der Waals surface area contributed by atoms with Crippen molar-refractivity contribution in [3.63, 3.8) is 0 Å². The Kier molecular flexibility index (Phi) is 2.31. The second-order valence-corrected chi connectivity index (χ2v) is 4.70. The first-order valence-corrected chi connectivity index (χ1v) is 5.34. The SMILES string of the molecule is CC(=O)O[C@H]1CC[C@@H]2C[C@H]1[C@@H](C)C2. The monoisotopic (exact) mass is 182 g/mol. The van der Waals surface area contributed by atoms with E-state index >= 15 is 0 Å². The molecule has 0 aromatic carbocycles. The molecule has 2 saturated carbocycles. The average Bonchev–Trinajstić information content (AvgIpc) is 2.34. The van der Waals surface area contributed by atoms with Gasteiger partial charge >= 0.3 is 5.97 Å². The highest BCUT2D eigenvalue weighted by molar-refractivity contribution is 5.66. The van der Waals surface area contributed by atoms with Crippen LogP contribution in [0.1, 0.15) is 39.5 Å². The summed E-state index contributed by atoms with van der Waals surface area (Å²) in [5.41, 5.74) is 0. The zero-order valence-corrected chi connectivity index (χ0v) is 8.45. The molecule has 4 atom stereocenters. The number of carbonyl (C=O) groups is 1. The highest BCUT2D eigenvalue weighted by atomic mass is 16.5. The molecular formula is C11H18O2. The van der Waals surface area contributed by atoms with Crippen molar-refractivity contribution in [2.75, 3.05) is 0 Å². The molecule has 0 spiro atoms. The van der Waals surface area contributed by atoms with Gasteiger partial charge in [0.25, 0.3) is 0 Å². The Labute approximate surface area is 79.7 Å². The molecule has 0 heterocycles. The molecule has 2 aliphatic carbocycles. The van der Waals surface area contributed by atoms with E-state index in [2.05, 4.69) is 6.92 Å². The molecule has 2 nitrogen and oxygen atoms in total. The van der Waals surface area contributed by atoms with Gasteiger partial charge in [0.1, 0.15) is 6.10 Å². The molecule has 2 rings (SSSR count). The third-order valence-corrected chi connectivity index (χ3v) is 3.70. The summed E-state index contributed by atoms with van der Waals surface area (Å²) in [5, 5.41) is 0. The van der Waals surface area contributed by atoms with Gasteiger partial charge in [0.2, 0.25) is 0 Å². The van der Waals surface area contributed by atoms with Crippen molar-refractivity contribution in [1.82, 2.24) is 0 Å². The summed E-state index contributed by atoms with van der Waals surface area (Å²) in [5.74, 6) is 2.23. The Balaban J connectivity index is 2.00. The van der Waals surface area contributed by atoms with E-state index in [0.29, 0.717) is 5.92 Å². The van der Waals surface area contributed by atoms with Crippen molar-refractivity contribution in [2.45, 2.75) is 45.6 Å². The van der Waals surface area contributed by atoms with Crippen LogP contribution in [0.15, 0.2) is 0 Å². The minimum atomic E-state index is -0.109. The van der Waals surface area contributed by atoms with Gasteiger partial charge in [-0.15, -0.1) is 0 Å². The normalized spacial score (nSPS) is 43.2. The van der Waals surface area contributed by atoms with E-state index in [1.165, 1.54) is 26.2 Å². The highest BCUT2D eigenvalue weighted by Crippen LogP contribution is 2.46. The summed E-state index contributed by atoms with van der Waals surface area (Å²) in [6, 6.07) is 0. The minimum absolute atomic E-state index is 0.109. The van der Waals surface area contributed by atoms with Crippen LogP contribution < -0.4 is 0 Å². The fraction of sp³-hybridized carbons (Fsp3) is 0.909. The Morgan fingerprint density at radius 1 is 1.31 bits per heavy atom. The lowest BCUT2D eigenvalue weighted by Gasteiger charge is -2.29. The molecule has 0 N–H and O–H groups in total. The first-order chi connectivity index (χ1) is 6.16. The summed E-state index contributed by atoms with van der Waals surface area (Å²) in [6.07, 6.45) is 5.23. The highest BCUT2D eigenvalue weighted by Gasteiger charge is 2.41. The summed E-state index contributed by atoms with van der Waals surface area (Å²) >= 11 is 0. The number of hydrogen-bond acceptors (Lipinski definition) is 2. The zero-order chi connectivity index (χ0) is 9.42. The van der Waals surface area contributed by atoms with E-state index in [9.17, 15) is 4.79 Å². The van der Waals surface area contributed by atoms with Crippen LogP contribution in [0.2, 0.25) is 0 Å². The predicted molar refractivity (Wildman–Crippen MR) is 50.2 cm³/mol. The van der Waals surface area contributed by atoms with E-state index in [0.717, 1.165) is 18.3 Å². The molecule has 0 unspecified atom stereocenters. The van der Waals surface area contributed by atoms with Gasteiger partial charge in [-0.25, -0.2) is 0 Å². The van der Waals surface area contributed by atoms with Crippen LogP contribution in [0.3, 0.4) is 0 Å². The Bertz CT molecular complexity index is 212. The number of carbonyl (C=O) groups excluding carboxylic acids is 1. The largest absolute Gasteiger partial charge is 0.462 e. The maximum absolute atomic E-state index is 10.9. The first kappa shape index (κ1) is 9.04. The quantitative estimate of drug-likeness (QED) is 0.582. The molecule has 0 radical (unpaired) electrons. The molecule has 0 aromatic heterocycles. The standard InChI is InChI=1S/C11H18O2/c1-7-5-9-3-4-11(10(7)6-9)13-8(2)12/h7,9-11H,3-6H2,1-2H3/t7-,9-,10-,11-/m0/s1. The van der Waals surface area contributed by atoms with E-state index in [-0.39, 0.29) is 12.1 Å². The molecule has 0 amide bonds. The number of rotatable bonds is 1. The number of fused-ring (bicyclic) bond motifs is 2. The van der Waals surface area contributed by atoms with Crippen LogP contribution >= 0.6 is 0 Å². The van der Waals surface area contributed by atoms with Gasteiger partial charge < -0.3 is 4.74 Å². The van der Waals surface area contributed by atoms with Gasteiger partial charge in [-0.2, -0.15) is 0 Å². The third kappa shape index (κ3) is 1.72. The maximum Gasteiger partial charge on any atom is 0.302 e. The molecule has 2 bridgehead atoms. The first-order valence-electron chi connectivity index (χ1n) is 5.34. The molecular weight excluding hydrogens is 164 g/mol. The summed E-state index contributed by atoms with van der Waals surface area (Å²) in [6.45, 7) is 3.82. The second kappa shape index (κ2) is 3.32. The van der Waals surface area contributed by atoms with Crippen molar-refractivity contribution < 1.29 is 9.53 Å². The van der Waals surface area contributed by atoms with Crippen molar-refractivity contribution in [2.24, 2.45) is 17.8 Å². The Hall–Kier alpha value is -0.530. The summed E-state index contributed by atoms with van der Waals surface area (Å²) in [4.78, 5) is 10.9. The average molecular weight is 182 g/mol. The van der Waals surface area contributed by atoms with Gasteiger partial charge in [0, 0.05) is 6.92 Å². The minimum Gasteiger partial charge on any atom is -0.462 e. The molecule has 2 aliphatic rings. The summed E-state index contributed by atoms with van der Waals surface area (Å²) < 4.78 is 5.35. The Morgan fingerprint density at radius 2 is 2.08 bits per heavy atom. The molecule has 0 aromatic rings. The number of esters is 1. The topological polar surface area (TPSA) is 26.3 Å². The van der Waals surface area contributed by atoms with Crippen molar-refractivity contribution in [3.05, 3.63) is 0 Å². The van der Waals surface area contributed by atoms with Crippen molar-refractivity contribution in [1.29, 1.82) is 0 Å². The molecule has 2 fully saturated rings. The van der Waals surface area contributed by atoms with Crippen LogP contribution in [0, 0.1) is 17.8 Å². The predicted octanol–water partition coefficient (Wildman–Crippen LogP) is 2.37. The van der Waals surface area contributed by atoms with Gasteiger partial charge in [-0.3, -0.25) is 4.79 Å². The molecule has 13 heavy (non-hydrogen) atoms. The van der Waals surface area contributed by atoms with E-state index in [1.807, 2.05) is 0 Å². The smallest absolute Gasteiger partial charge is 0.302 e. The molecule has 0 saturated heterocycles. The van der Waals surface area contributed by atoms with Crippen LogP contribution in [-0.2, 0) is 9.53 Å². The van der Waals surface area contributed by atoms with Crippen LogP contribution in [0.5, 0.6) is 0 Å². The lowest BCUT2D eigenvalue weighted by Crippen LogP contribution is -2.30. The molecule has 2 heteroatoms.